The lowest BCUT2D eigenvalue weighted by Gasteiger charge is -2.12. The molecule has 0 aliphatic heterocycles. The molecule has 0 amide bonds. The number of rotatable bonds is 4. The fourth-order valence-corrected chi connectivity index (χ4v) is 1.72. The van der Waals surface area contributed by atoms with Crippen LogP contribution in [0.1, 0.15) is 29.9 Å². The van der Waals surface area contributed by atoms with Gasteiger partial charge in [0.05, 0.1) is 17.9 Å². The van der Waals surface area contributed by atoms with Crippen molar-refractivity contribution in [2.24, 2.45) is 0 Å². The second kappa shape index (κ2) is 5.48. The van der Waals surface area contributed by atoms with Gasteiger partial charge in [0.25, 0.3) is 0 Å². The first-order valence-corrected chi connectivity index (χ1v) is 5.90. The van der Waals surface area contributed by atoms with Crippen LogP contribution in [-0.2, 0) is 12.7 Å². The van der Waals surface area contributed by atoms with Crippen LogP contribution < -0.4 is 5.32 Å². The van der Waals surface area contributed by atoms with Crippen molar-refractivity contribution in [2.45, 2.75) is 25.7 Å². The number of furan rings is 1. The molecule has 0 saturated heterocycles. The van der Waals surface area contributed by atoms with Crippen molar-refractivity contribution in [2.75, 3.05) is 0 Å². The molecular weight excluding hydrogens is 255 g/mol. The van der Waals surface area contributed by atoms with Gasteiger partial charge in [0.2, 0.25) is 0 Å². The predicted molar refractivity (Wildman–Crippen MR) is 65.4 cm³/mol. The van der Waals surface area contributed by atoms with Crippen LogP contribution in [-0.4, -0.2) is 0 Å². The lowest BCUT2D eigenvalue weighted by atomic mass is 10.1. The Balaban J connectivity index is 1.93. The minimum Gasteiger partial charge on any atom is -0.468 e. The van der Waals surface area contributed by atoms with Crippen molar-refractivity contribution in [1.29, 1.82) is 0 Å². The van der Waals surface area contributed by atoms with E-state index >= 15 is 0 Å². The molecule has 102 valence electrons. The maximum atomic E-state index is 12.4. The molecule has 0 aliphatic carbocycles. The summed E-state index contributed by atoms with van der Waals surface area (Å²) in [5.41, 5.74) is 0.168. The summed E-state index contributed by atoms with van der Waals surface area (Å²) in [6.45, 7) is 2.42. The van der Waals surface area contributed by atoms with Gasteiger partial charge in [0.1, 0.15) is 5.76 Å². The monoisotopic (exact) mass is 269 g/mol. The summed E-state index contributed by atoms with van der Waals surface area (Å²) in [6, 6.07) is 8.80. The molecule has 1 aromatic heterocycles. The molecule has 0 saturated carbocycles. The lowest BCUT2D eigenvalue weighted by Crippen LogP contribution is -2.17. The molecule has 0 fully saturated rings. The molecule has 1 aromatic carbocycles. The highest BCUT2D eigenvalue weighted by Crippen LogP contribution is 2.29. The van der Waals surface area contributed by atoms with Gasteiger partial charge in [-0.1, -0.05) is 12.1 Å². The highest BCUT2D eigenvalue weighted by atomic mass is 19.4. The highest BCUT2D eigenvalue weighted by Gasteiger charge is 2.29. The van der Waals surface area contributed by atoms with Crippen molar-refractivity contribution < 1.29 is 17.6 Å². The molecule has 0 bridgehead atoms. The third kappa shape index (κ3) is 3.61. The van der Waals surface area contributed by atoms with Gasteiger partial charge in [-0.05, 0) is 36.8 Å². The smallest absolute Gasteiger partial charge is 0.416 e. The van der Waals surface area contributed by atoms with Gasteiger partial charge in [-0.25, -0.2) is 0 Å². The molecular formula is C14H14F3NO. The fraction of sp³-hybridized carbons (Fsp3) is 0.286. The minimum absolute atomic E-state index is 0.0114. The zero-order valence-corrected chi connectivity index (χ0v) is 10.4. The normalized spacial score (nSPS) is 13.5. The van der Waals surface area contributed by atoms with Crippen LogP contribution in [0.4, 0.5) is 13.2 Å². The summed E-state index contributed by atoms with van der Waals surface area (Å²) in [4.78, 5) is 0. The topological polar surface area (TPSA) is 25.2 Å². The molecule has 5 heteroatoms. The second-order valence-corrected chi connectivity index (χ2v) is 4.31. The third-order valence-corrected chi connectivity index (χ3v) is 2.86. The van der Waals surface area contributed by atoms with Crippen LogP contribution in [0.3, 0.4) is 0 Å². The standard InChI is InChI=1S/C14H14F3NO/c1-10(13-3-2-8-19-13)18-9-11-4-6-12(7-5-11)14(15,16)17/h2-8,10,18H,9H2,1H3. The van der Waals surface area contributed by atoms with E-state index in [1.54, 1.807) is 12.3 Å². The van der Waals surface area contributed by atoms with Crippen LogP contribution in [0.15, 0.2) is 47.1 Å². The molecule has 0 spiro atoms. The lowest BCUT2D eigenvalue weighted by molar-refractivity contribution is -0.137. The zero-order chi connectivity index (χ0) is 13.9. The summed E-state index contributed by atoms with van der Waals surface area (Å²) in [5.74, 6) is 0.798. The molecule has 2 nitrogen and oxygen atoms in total. The van der Waals surface area contributed by atoms with E-state index in [-0.39, 0.29) is 6.04 Å². The number of halogens is 3. The Morgan fingerprint density at radius 1 is 1.16 bits per heavy atom. The average Bonchev–Trinajstić information content (AvgIpc) is 2.89. The highest BCUT2D eigenvalue weighted by molar-refractivity contribution is 5.24. The molecule has 2 aromatic rings. The van der Waals surface area contributed by atoms with E-state index in [1.165, 1.54) is 12.1 Å². The summed E-state index contributed by atoms with van der Waals surface area (Å²) in [5, 5.41) is 3.18. The Bertz CT molecular complexity index is 502. The summed E-state index contributed by atoms with van der Waals surface area (Å²) < 4.78 is 42.4. The first-order valence-electron chi connectivity index (χ1n) is 5.90. The van der Waals surface area contributed by atoms with Crippen molar-refractivity contribution in [1.82, 2.24) is 5.32 Å². The Morgan fingerprint density at radius 2 is 1.84 bits per heavy atom. The number of nitrogens with one attached hydrogen (secondary N) is 1. The zero-order valence-electron chi connectivity index (χ0n) is 10.4. The van der Waals surface area contributed by atoms with E-state index in [4.69, 9.17) is 4.42 Å². The first-order chi connectivity index (χ1) is 8.97. The van der Waals surface area contributed by atoms with Crippen molar-refractivity contribution in [3.05, 3.63) is 59.5 Å². The van der Waals surface area contributed by atoms with Crippen LogP contribution >= 0.6 is 0 Å². The molecule has 0 aliphatic rings. The molecule has 19 heavy (non-hydrogen) atoms. The predicted octanol–water partition coefficient (Wildman–Crippen LogP) is 4.15. The maximum Gasteiger partial charge on any atom is 0.416 e. The number of hydrogen-bond donors (Lipinski definition) is 1. The van der Waals surface area contributed by atoms with Gasteiger partial charge in [-0.3, -0.25) is 0 Å². The number of hydrogen-bond acceptors (Lipinski definition) is 2. The molecule has 1 atom stereocenters. The van der Waals surface area contributed by atoms with Gasteiger partial charge >= 0.3 is 6.18 Å². The van der Waals surface area contributed by atoms with E-state index in [9.17, 15) is 13.2 Å². The summed E-state index contributed by atoms with van der Waals surface area (Å²) in [7, 11) is 0. The van der Waals surface area contributed by atoms with Crippen molar-refractivity contribution >= 4 is 0 Å². The number of alkyl halides is 3. The van der Waals surface area contributed by atoms with Crippen LogP contribution in [0, 0.1) is 0 Å². The van der Waals surface area contributed by atoms with Gasteiger partial charge in [0.15, 0.2) is 0 Å². The number of benzene rings is 1. The Labute approximate surface area is 109 Å². The molecule has 1 unspecified atom stereocenters. The molecule has 0 radical (unpaired) electrons. The quantitative estimate of drug-likeness (QED) is 0.902. The Hall–Kier alpha value is -1.75. The van der Waals surface area contributed by atoms with E-state index in [1.807, 2.05) is 13.0 Å². The van der Waals surface area contributed by atoms with Gasteiger partial charge < -0.3 is 9.73 Å². The molecule has 2 rings (SSSR count). The van der Waals surface area contributed by atoms with Crippen LogP contribution in [0.25, 0.3) is 0 Å². The maximum absolute atomic E-state index is 12.4. The SMILES string of the molecule is CC(NCc1ccc(C(F)(F)F)cc1)c1ccco1. The van der Waals surface area contributed by atoms with E-state index < -0.39 is 11.7 Å². The van der Waals surface area contributed by atoms with Crippen LogP contribution in [0.5, 0.6) is 0 Å². The van der Waals surface area contributed by atoms with Crippen molar-refractivity contribution in [3.8, 4) is 0 Å². The molecule has 1 heterocycles. The van der Waals surface area contributed by atoms with Crippen molar-refractivity contribution in [3.63, 3.8) is 0 Å². The largest absolute Gasteiger partial charge is 0.468 e. The summed E-state index contributed by atoms with van der Waals surface area (Å²) in [6.07, 6.45) is -2.70. The van der Waals surface area contributed by atoms with Gasteiger partial charge in [0, 0.05) is 6.54 Å². The minimum atomic E-state index is -4.28. The van der Waals surface area contributed by atoms with E-state index in [0.717, 1.165) is 23.5 Å². The first kappa shape index (κ1) is 13.7. The molecule has 1 N–H and O–H groups in total. The Kier molecular flexibility index (Phi) is 3.95. The van der Waals surface area contributed by atoms with E-state index in [2.05, 4.69) is 5.32 Å². The second-order valence-electron chi connectivity index (χ2n) is 4.31. The third-order valence-electron chi connectivity index (χ3n) is 2.86. The van der Waals surface area contributed by atoms with E-state index in [0.29, 0.717) is 6.54 Å². The average molecular weight is 269 g/mol. The fourth-order valence-electron chi connectivity index (χ4n) is 1.72. The van der Waals surface area contributed by atoms with Crippen LogP contribution in [0.2, 0.25) is 0 Å². The van der Waals surface area contributed by atoms with Gasteiger partial charge in [-0.15, -0.1) is 0 Å². The van der Waals surface area contributed by atoms with Gasteiger partial charge in [-0.2, -0.15) is 13.2 Å². The summed E-state index contributed by atoms with van der Waals surface area (Å²) >= 11 is 0. The Morgan fingerprint density at radius 3 is 2.37 bits per heavy atom.